The predicted molar refractivity (Wildman–Crippen MR) is 114 cm³/mol. The van der Waals surface area contributed by atoms with Crippen LogP contribution in [0, 0.1) is 6.92 Å². The minimum absolute atomic E-state index is 0.0180. The van der Waals surface area contributed by atoms with Crippen LogP contribution in [0.25, 0.3) is 10.9 Å². The lowest BCUT2D eigenvalue weighted by atomic mass is 10.0. The molecule has 0 spiro atoms. The zero-order chi connectivity index (χ0) is 19.4. The van der Waals surface area contributed by atoms with Gasteiger partial charge in [-0.2, -0.15) is 0 Å². The van der Waals surface area contributed by atoms with Crippen LogP contribution in [0.1, 0.15) is 31.9 Å². The molecule has 0 fully saturated rings. The summed E-state index contributed by atoms with van der Waals surface area (Å²) >= 11 is 0. The van der Waals surface area contributed by atoms with Crippen molar-refractivity contribution in [2.24, 2.45) is 0 Å². The highest BCUT2D eigenvalue weighted by atomic mass is 16.3. The summed E-state index contributed by atoms with van der Waals surface area (Å²) in [6.07, 6.45) is 1.49. The van der Waals surface area contributed by atoms with Gasteiger partial charge in [-0.25, -0.2) is 0 Å². The van der Waals surface area contributed by atoms with E-state index in [4.69, 9.17) is 0 Å². The lowest BCUT2D eigenvalue weighted by Gasteiger charge is -2.37. The summed E-state index contributed by atoms with van der Waals surface area (Å²) in [5, 5.41) is 15.2. The van der Waals surface area contributed by atoms with E-state index in [9.17, 15) is 5.11 Å². The molecule has 2 aromatic carbocycles. The Hall–Kier alpha value is -2.30. The van der Waals surface area contributed by atoms with Crippen molar-refractivity contribution >= 4 is 16.6 Å². The van der Waals surface area contributed by atoms with Gasteiger partial charge in [0.2, 0.25) is 0 Å². The van der Waals surface area contributed by atoms with Crippen LogP contribution in [0.4, 0.5) is 5.69 Å². The Morgan fingerprint density at radius 3 is 2.52 bits per heavy atom. The van der Waals surface area contributed by atoms with Crippen LogP contribution in [-0.4, -0.2) is 39.7 Å². The monoisotopic (exact) mass is 365 g/mol. The molecule has 0 bridgehead atoms. The number of aliphatic hydroxyl groups excluding tert-OH is 1. The van der Waals surface area contributed by atoms with E-state index in [1.54, 1.807) is 0 Å². The normalized spacial score (nSPS) is 13.3. The summed E-state index contributed by atoms with van der Waals surface area (Å²) in [7, 11) is 0. The molecule has 0 saturated carbocycles. The second kappa shape index (κ2) is 8.15. The number of β-amino-alcohol motifs (C(OH)–C–C–N with tert-alkyl or cyclic N) is 1. The van der Waals surface area contributed by atoms with Gasteiger partial charge in [-0.1, -0.05) is 29.8 Å². The van der Waals surface area contributed by atoms with E-state index in [-0.39, 0.29) is 5.54 Å². The summed E-state index contributed by atoms with van der Waals surface area (Å²) in [4.78, 5) is 5.53. The molecule has 0 amide bonds. The van der Waals surface area contributed by atoms with Crippen molar-refractivity contribution in [2.75, 3.05) is 18.4 Å². The van der Waals surface area contributed by atoms with Crippen LogP contribution in [-0.2, 0) is 6.54 Å². The fourth-order valence-corrected chi connectivity index (χ4v) is 3.21. The Morgan fingerprint density at radius 1 is 1.07 bits per heavy atom. The fourth-order valence-electron chi connectivity index (χ4n) is 3.21. The minimum atomic E-state index is -0.448. The Balaban J connectivity index is 1.59. The molecule has 27 heavy (non-hydrogen) atoms. The molecule has 0 aliphatic heterocycles. The average molecular weight is 366 g/mol. The van der Waals surface area contributed by atoms with Crippen molar-refractivity contribution in [3.05, 3.63) is 65.9 Å². The number of aromatic nitrogens is 1. The van der Waals surface area contributed by atoms with Crippen LogP contribution in [0.5, 0.6) is 0 Å². The van der Waals surface area contributed by atoms with Crippen molar-refractivity contribution in [1.29, 1.82) is 0 Å². The number of hydrogen-bond donors (Lipinski definition) is 3. The third-order valence-electron chi connectivity index (χ3n) is 4.97. The van der Waals surface area contributed by atoms with Gasteiger partial charge < -0.3 is 15.4 Å². The molecule has 0 saturated heterocycles. The van der Waals surface area contributed by atoms with Gasteiger partial charge >= 0.3 is 0 Å². The van der Waals surface area contributed by atoms with Crippen LogP contribution in [0.15, 0.2) is 54.7 Å². The number of aliphatic hydroxyl groups is 1. The van der Waals surface area contributed by atoms with Crippen molar-refractivity contribution in [2.45, 2.75) is 45.9 Å². The van der Waals surface area contributed by atoms with Gasteiger partial charge in [0.25, 0.3) is 0 Å². The smallest absolute Gasteiger partial charge is 0.0839 e. The van der Waals surface area contributed by atoms with Gasteiger partial charge in [0.05, 0.1) is 6.10 Å². The minimum Gasteiger partial charge on any atom is -0.390 e. The van der Waals surface area contributed by atoms with Crippen LogP contribution in [0.3, 0.4) is 0 Å². The fraction of sp³-hybridized carbons (Fsp3) is 0.391. The SMILES string of the molecule is Cc1ccc(CN(CC(O)CNc2ccc3[nH]ccc3c2)C(C)(C)C)cc1. The average Bonchev–Trinajstić information content (AvgIpc) is 3.08. The summed E-state index contributed by atoms with van der Waals surface area (Å²) in [5.41, 5.74) is 4.67. The Kier molecular flexibility index (Phi) is 5.88. The van der Waals surface area contributed by atoms with E-state index in [2.05, 4.69) is 85.4 Å². The highest BCUT2D eigenvalue weighted by molar-refractivity contribution is 5.82. The van der Waals surface area contributed by atoms with Crippen molar-refractivity contribution in [3.8, 4) is 0 Å². The first kappa shape index (κ1) is 19.5. The van der Waals surface area contributed by atoms with Gasteiger partial charge in [0, 0.05) is 48.0 Å². The standard InChI is InChI=1S/C23H31N3O/c1-17-5-7-18(8-6-17)15-26(23(2,3)4)16-21(27)14-25-20-9-10-22-19(13-20)11-12-24-22/h5-13,21,24-25,27H,14-16H2,1-4H3. The Labute approximate surface area is 162 Å². The molecule has 4 nitrogen and oxygen atoms in total. The molecule has 0 aliphatic carbocycles. The van der Waals surface area contributed by atoms with E-state index in [0.717, 1.165) is 17.7 Å². The molecule has 144 valence electrons. The lowest BCUT2D eigenvalue weighted by molar-refractivity contribution is 0.0585. The molecule has 0 aliphatic rings. The Morgan fingerprint density at radius 2 is 1.81 bits per heavy atom. The van der Waals surface area contributed by atoms with Crippen molar-refractivity contribution in [3.63, 3.8) is 0 Å². The quantitative estimate of drug-likeness (QED) is 0.576. The summed E-state index contributed by atoms with van der Waals surface area (Å²) < 4.78 is 0. The van der Waals surface area contributed by atoms with Gasteiger partial charge in [0.15, 0.2) is 0 Å². The van der Waals surface area contributed by atoms with E-state index >= 15 is 0 Å². The number of aromatic amines is 1. The zero-order valence-electron chi connectivity index (χ0n) is 16.8. The van der Waals surface area contributed by atoms with Gasteiger partial charge in [-0.15, -0.1) is 0 Å². The maximum absolute atomic E-state index is 10.6. The Bertz CT molecular complexity index is 861. The van der Waals surface area contributed by atoms with Crippen molar-refractivity contribution in [1.82, 2.24) is 9.88 Å². The number of aryl methyl sites for hydroxylation is 1. The summed E-state index contributed by atoms with van der Waals surface area (Å²) in [6, 6.07) is 16.9. The van der Waals surface area contributed by atoms with Gasteiger partial charge in [-0.05, 0) is 57.5 Å². The van der Waals surface area contributed by atoms with E-state index in [1.807, 2.05) is 12.3 Å². The van der Waals surface area contributed by atoms with E-state index in [1.165, 1.54) is 16.5 Å². The van der Waals surface area contributed by atoms with Gasteiger partial charge in [-0.3, -0.25) is 4.90 Å². The van der Waals surface area contributed by atoms with Crippen LogP contribution >= 0.6 is 0 Å². The molecule has 3 aromatic rings. The number of H-pyrrole nitrogens is 1. The first-order valence-corrected chi connectivity index (χ1v) is 9.61. The number of anilines is 1. The molecule has 1 unspecified atom stereocenters. The third kappa shape index (κ3) is 5.34. The summed E-state index contributed by atoms with van der Waals surface area (Å²) in [5.74, 6) is 0. The second-order valence-corrected chi connectivity index (χ2v) is 8.35. The summed E-state index contributed by atoms with van der Waals surface area (Å²) in [6.45, 7) is 10.7. The molecule has 1 heterocycles. The molecular formula is C23H31N3O. The highest BCUT2D eigenvalue weighted by Gasteiger charge is 2.24. The number of hydrogen-bond acceptors (Lipinski definition) is 3. The lowest BCUT2D eigenvalue weighted by Crippen LogP contribution is -2.46. The second-order valence-electron chi connectivity index (χ2n) is 8.35. The maximum Gasteiger partial charge on any atom is 0.0839 e. The molecule has 1 atom stereocenters. The molecule has 4 heteroatoms. The van der Waals surface area contributed by atoms with Crippen molar-refractivity contribution < 1.29 is 5.11 Å². The molecule has 3 rings (SSSR count). The van der Waals surface area contributed by atoms with Gasteiger partial charge in [0.1, 0.15) is 0 Å². The first-order chi connectivity index (χ1) is 12.8. The van der Waals surface area contributed by atoms with E-state index in [0.29, 0.717) is 13.1 Å². The number of benzene rings is 2. The zero-order valence-corrected chi connectivity index (χ0v) is 16.8. The first-order valence-electron chi connectivity index (χ1n) is 9.61. The molecule has 0 radical (unpaired) electrons. The predicted octanol–water partition coefficient (Wildman–Crippen LogP) is 4.55. The highest BCUT2D eigenvalue weighted by Crippen LogP contribution is 2.20. The molecular weight excluding hydrogens is 334 g/mol. The topological polar surface area (TPSA) is 51.3 Å². The largest absolute Gasteiger partial charge is 0.390 e. The van der Waals surface area contributed by atoms with Crippen LogP contribution in [0.2, 0.25) is 0 Å². The third-order valence-corrected chi connectivity index (χ3v) is 4.97. The number of nitrogens with one attached hydrogen (secondary N) is 2. The molecule has 1 aromatic heterocycles. The van der Waals surface area contributed by atoms with Crippen LogP contribution < -0.4 is 5.32 Å². The van der Waals surface area contributed by atoms with E-state index < -0.39 is 6.10 Å². The molecule has 3 N–H and O–H groups in total. The number of nitrogens with zero attached hydrogens (tertiary/aromatic N) is 1. The number of fused-ring (bicyclic) bond motifs is 1. The number of rotatable bonds is 7. The maximum atomic E-state index is 10.6.